The number of hydrogen-bond donors (Lipinski definition) is 2. The molecular weight excluding hydrogens is 452 g/mol. The monoisotopic (exact) mass is 475 g/mol. The summed E-state index contributed by atoms with van der Waals surface area (Å²) >= 11 is 12.0. The van der Waals surface area contributed by atoms with Crippen LogP contribution in [-0.2, 0) is 20.9 Å². The van der Waals surface area contributed by atoms with Gasteiger partial charge in [-0.25, -0.2) is 14.0 Å². The van der Waals surface area contributed by atoms with Crippen molar-refractivity contribution in [2.45, 2.75) is 43.7 Å². The summed E-state index contributed by atoms with van der Waals surface area (Å²) in [4.78, 5) is 25.3. The van der Waals surface area contributed by atoms with Crippen molar-refractivity contribution in [2.24, 2.45) is 11.8 Å². The number of carbonyl (C=O) groups excluding carboxylic acids is 1. The second-order valence-electron chi connectivity index (χ2n) is 7.72. The molecule has 2 fully saturated rings. The maximum absolute atomic E-state index is 15.3. The number of aliphatic hydroxyl groups is 1. The molecule has 2 N–H and O–H groups in total. The first kappa shape index (κ1) is 23.8. The predicted octanol–water partition coefficient (Wildman–Crippen LogP) is 4.04. The molecule has 0 spiro atoms. The van der Waals surface area contributed by atoms with E-state index in [1.165, 1.54) is 6.08 Å². The molecule has 0 bridgehead atoms. The number of amides is 1. The second kappa shape index (κ2) is 8.94. The highest BCUT2D eigenvalue weighted by molar-refractivity contribution is 6.42. The molecule has 1 amide bonds. The summed E-state index contributed by atoms with van der Waals surface area (Å²) < 4.78 is 26.4. The van der Waals surface area contributed by atoms with Crippen LogP contribution in [0.5, 0.6) is 0 Å². The van der Waals surface area contributed by atoms with Gasteiger partial charge in [0.15, 0.2) is 0 Å². The van der Waals surface area contributed by atoms with E-state index in [4.69, 9.17) is 32.7 Å². The lowest BCUT2D eigenvalue weighted by atomic mass is 9.82. The number of fused-ring (bicyclic) bond motifs is 1. The number of hydrogen-bond acceptors (Lipinski definition) is 5. The largest absolute Gasteiger partial charge is 0.479 e. The average molecular weight is 476 g/mol. The van der Waals surface area contributed by atoms with Crippen LogP contribution in [0.25, 0.3) is 0 Å². The van der Waals surface area contributed by atoms with E-state index >= 15 is 4.39 Å². The third-order valence-electron chi connectivity index (χ3n) is 6.37. The topological polar surface area (TPSA) is 96.3 Å². The number of aliphatic carboxylic acids is 1. The number of carbonyl (C=O) groups is 2. The van der Waals surface area contributed by atoms with Gasteiger partial charge in [0.25, 0.3) is 0 Å². The maximum atomic E-state index is 15.3. The fraction of sp³-hybridized carbons (Fsp3) is 0.524. The van der Waals surface area contributed by atoms with Crippen molar-refractivity contribution in [3.63, 3.8) is 0 Å². The van der Waals surface area contributed by atoms with E-state index in [1.807, 2.05) is 0 Å². The molecule has 5 atom stereocenters. The molecule has 1 aromatic carbocycles. The van der Waals surface area contributed by atoms with Crippen LogP contribution in [0.4, 0.5) is 9.18 Å². The van der Waals surface area contributed by atoms with Gasteiger partial charge in [0.2, 0.25) is 5.67 Å². The van der Waals surface area contributed by atoms with E-state index in [0.29, 0.717) is 15.6 Å². The van der Waals surface area contributed by atoms with Crippen molar-refractivity contribution in [1.82, 2.24) is 4.90 Å². The number of carboxylic acid groups (broad SMARTS) is 1. The Morgan fingerprint density at radius 1 is 1.39 bits per heavy atom. The van der Waals surface area contributed by atoms with Gasteiger partial charge in [-0.15, -0.1) is 0 Å². The van der Waals surface area contributed by atoms with Crippen LogP contribution in [0.2, 0.25) is 10.0 Å². The Hall–Kier alpha value is -1.87. The Balaban J connectivity index is 1.92. The zero-order valence-electron chi connectivity index (χ0n) is 16.9. The minimum Gasteiger partial charge on any atom is -0.479 e. The van der Waals surface area contributed by atoms with Gasteiger partial charge in [0.05, 0.1) is 28.3 Å². The molecule has 0 heterocycles. The number of rotatable bonds is 9. The average Bonchev–Trinajstić information content (AvgIpc) is 3.19. The smallest absolute Gasteiger partial charge is 0.412 e. The van der Waals surface area contributed by atoms with Crippen LogP contribution in [0.15, 0.2) is 30.9 Å². The molecule has 7 nitrogen and oxygen atoms in total. The van der Waals surface area contributed by atoms with Gasteiger partial charge in [0.1, 0.15) is 13.3 Å². The molecule has 3 rings (SSSR count). The molecule has 0 unspecified atom stereocenters. The van der Waals surface area contributed by atoms with E-state index in [-0.39, 0.29) is 26.1 Å². The van der Waals surface area contributed by atoms with Crippen molar-refractivity contribution in [1.29, 1.82) is 0 Å². The van der Waals surface area contributed by atoms with Gasteiger partial charge in [0, 0.05) is 11.8 Å². The first-order valence-corrected chi connectivity index (χ1v) is 10.6. The van der Waals surface area contributed by atoms with Gasteiger partial charge >= 0.3 is 12.1 Å². The first-order chi connectivity index (χ1) is 14.7. The highest BCUT2D eigenvalue weighted by Crippen LogP contribution is 2.70. The summed E-state index contributed by atoms with van der Waals surface area (Å²) in [5, 5.41) is 20.2. The quantitative estimate of drug-likeness (QED) is 0.413. The second-order valence-corrected chi connectivity index (χ2v) is 8.54. The van der Waals surface area contributed by atoms with Crippen LogP contribution >= 0.6 is 23.2 Å². The summed E-state index contributed by atoms with van der Waals surface area (Å²) in [5.41, 5.74) is -3.19. The Bertz CT molecular complexity index is 885. The first-order valence-electron chi connectivity index (χ1n) is 9.82. The van der Waals surface area contributed by atoms with Crippen molar-refractivity contribution in [3.05, 3.63) is 46.5 Å². The van der Waals surface area contributed by atoms with Gasteiger partial charge in [-0.2, -0.15) is 0 Å². The van der Waals surface area contributed by atoms with Crippen LogP contribution < -0.4 is 0 Å². The molecule has 2 saturated carbocycles. The summed E-state index contributed by atoms with van der Waals surface area (Å²) in [6.45, 7) is 4.35. The Morgan fingerprint density at radius 2 is 2.10 bits per heavy atom. The zero-order chi connectivity index (χ0) is 23.0. The molecule has 31 heavy (non-hydrogen) atoms. The van der Waals surface area contributed by atoms with Crippen LogP contribution in [0.3, 0.4) is 0 Å². The summed E-state index contributed by atoms with van der Waals surface area (Å²) in [5.74, 6) is -3.46. The summed E-state index contributed by atoms with van der Waals surface area (Å²) in [6, 6.07) is 4.97. The van der Waals surface area contributed by atoms with Gasteiger partial charge in [-0.1, -0.05) is 48.8 Å². The maximum Gasteiger partial charge on any atom is 0.412 e. The number of carboxylic acids is 1. The molecular formula is C21H24Cl2FNO6. The minimum absolute atomic E-state index is 0.0772. The Labute approximate surface area is 189 Å². The number of nitrogens with zero attached hydrogens (tertiary/aromatic N) is 1. The van der Waals surface area contributed by atoms with E-state index in [1.54, 1.807) is 25.1 Å². The van der Waals surface area contributed by atoms with Crippen LogP contribution in [-0.4, -0.2) is 57.8 Å². The molecule has 2 aliphatic rings. The fourth-order valence-electron chi connectivity index (χ4n) is 4.96. The standard InChI is InChI=1S/C21H24Cl2FNO6/c1-3-7-30-19(29)25(11-26)20(4-2)16(9-13-17(20)21(13,24)18(27)28)31-10-12-5-6-14(22)15(23)8-12/h3,5-6,8,13,16-17,26H,1,4,7,9-11H2,2H3,(H,27,28)/t13-,16-,17-,20+,21-/m1/s1. The normalized spacial score (nSPS) is 31.1. The lowest BCUT2D eigenvalue weighted by molar-refractivity contribution is -0.152. The molecule has 1 aromatic rings. The lowest BCUT2D eigenvalue weighted by Crippen LogP contribution is -2.61. The van der Waals surface area contributed by atoms with Crippen molar-refractivity contribution in [3.8, 4) is 0 Å². The Kier molecular flexibility index (Phi) is 6.86. The van der Waals surface area contributed by atoms with Crippen LogP contribution in [0, 0.1) is 11.8 Å². The van der Waals surface area contributed by atoms with Crippen LogP contribution in [0.1, 0.15) is 25.3 Å². The molecule has 0 saturated heterocycles. The van der Waals surface area contributed by atoms with Gasteiger partial charge < -0.3 is 19.7 Å². The third kappa shape index (κ3) is 3.80. The number of ether oxygens (including phenoxy) is 2. The van der Waals surface area contributed by atoms with Crippen molar-refractivity contribution >= 4 is 35.3 Å². The molecule has 0 aromatic heterocycles. The Morgan fingerprint density at radius 3 is 2.65 bits per heavy atom. The van der Waals surface area contributed by atoms with E-state index in [0.717, 1.165) is 4.90 Å². The predicted molar refractivity (Wildman–Crippen MR) is 112 cm³/mol. The summed E-state index contributed by atoms with van der Waals surface area (Å²) in [6.07, 6.45) is -0.0341. The number of halogens is 3. The number of aliphatic hydroxyl groups excluding tert-OH is 1. The lowest BCUT2D eigenvalue weighted by Gasteiger charge is -2.45. The number of benzene rings is 1. The molecule has 170 valence electrons. The van der Waals surface area contributed by atoms with E-state index < -0.39 is 47.9 Å². The molecule has 2 aliphatic carbocycles. The minimum atomic E-state index is -2.49. The number of alkyl halides is 1. The fourth-order valence-corrected chi connectivity index (χ4v) is 5.28. The van der Waals surface area contributed by atoms with E-state index in [2.05, 4.69) is 6.58 Å². The molecule has 0 aliphatic heterocycles. The SMILES string of the molecule is C=CCOC(=O)N(CO)[C@@]1(CC)[C@H](OCc2ccc(Cl)c(Cl)c2)C[C@@H]2[C@H]1[C@@]2(F)C(=O)O. The molecule has 10 heteroatoms. The zero-order valence-corrected chi connectivity index (χ0v) is 18.4. The van der Waals surface area contributed by atoms with Crippen molar-refractivity contribution in [2.75, 3.05) is 13.3 Å². The third-order valence-corrected chi connectivity index (χ3v) is 7.11. The highest BCUT2D eigenvalue weighted by atomic mass is 35.5. The van der Waals surface area contributed by atoms with Crippen molar-refractivity contribution < 1.29 is 33.7 Å². The van der Waals surface area contributed by atoms with Gasteiger partial charge in [-0.05, 0) is 30.5 Å². The molecule has 0 radical (unpaired) electrons. The van der Waals surface area contributed by atoms with E-state index in [9.17, 15) is 19.8 Å². The van der Waals surface area contributed by atoms with Gasteiger partial charge in [-0.3, -0.25) is 4.90 Å². The summed E-state index contributed by atoms with van der Waals surface area (Å²) in [7, 11) is 0. The highest BCUT2D eigenvalue weighted by Gasteiger charge is 2.84.